The van der Waals surface area contributed by atoms with E-state index in [1.165, 1.54) is 24.6 Å². The molecule has 2 aromatic heterocycles. The van der Waals surface area contributed by atoms with E-state index < -0.39 is 5.91 Å². The van der Waals surface area contributed by atoms with E-state index in [1.807, 2.05) is 0 Å². The fourth-order valence-corrected chi connectivity index (χ4v) is 1.77. The largest absolute Gasteiger partial charge is 0.463 e. The van der Waals surface area contributed by atoms with Gasteiger partial charge in [-0.2, -0.15) is 10.2 Å². The number of carbonyl (C=O) groups is 1. The molecule has 1 amide bonds. The summed E-state index contributed by atoms with van der Waals surface area (Å²) in [6.45, 7) is 0. The second-order valence-electron chi connectivity index (χ2n) is 4.39. The van der Waals surface area contributed by atoms with Crippen LogP contribution in [0, 0.1) is 5.82 Å². The summed E-state index contributed by atoms with van der Waals surface area (Å²) < 4.78 is 17.9. The number of aromatic nitrogens is 2. The maximum atomic E-state index is 12.7. The van der Waals surface area contributed by atoms with Gasteiger partial charge < -0.3 is 4.42 Å². The number of nitrogens with zero attached hydrogens (tertiary/aromatic N) is 2. The number of hydrogen-bond acceptors (Lipinski definition) is 4. The Morgan fingerprint density at radius 3 is 2.86 bits per heavy atom. The molecule has 0 saturated carbocycles. The zero-order valence-electron chi connectivity index (χ0n) is 11.3. The minimum Gasteiger partial charge on any atom is -0.463 e. The van der Waals surface area contributed by atoms with Crippen molar-refractivity contribution in [1.82, 2.24) is 15.6 Å². The third-order valence-corrected chi connectivity index (χ3v) is 2.85. The van der Waals surface area contributed by atoms with Crippen molar-refractivity contribution in [2.24, 2.45) is 5.10 Å². The van der Waals surface area contributed by atoms with E-state index in [-0.39, 0.29) is 11.5 Å². The molecular formula is C15H11FN4O2. The highest BCUT2D eigenvalue weighted by atomic mass is 19.1. The van der Waals surface area contributed by atoms with Crippen LogP contribution in [0.4, 0.5) is 4.39 Å². The normalized spacial score (nSPS) is 11.0. The van der Waals surface area contributed by atoms with E-state index in [4.69, 9.17) is 4.42 Å². The Kier molecular flexibility index (Phi) is 3.78. The molecule has 1 aromatic carbocycles. The lowest BCUT2D eigenvalue weighted by Gasteiger charge is -1.95. The molecule has 0 spiro atoms. The summed E-state index contributed by atoms with van der Waals surface area (Å²) in [5, 5.41) is 10.4. The quantitative estimate of drug-likeness (QED) is 0.573. The second-order valence-corrected chi connectivity index (χ2v) is 4.39. The van der Waals surface area contributed by atoms with E-state index >= 15 is 0 Å². The van der Waals surface area contributed by atoms with Crippen LogP contribution >= 0.6 is 0 Å². The number of hydrazone groups is 1. The molecule has 2 N–H and O–H groups in total. The summed E-state index contributed by atoms with van der Waals surface area (Å²) >= 11 is 0. The van der Waals surface area contributed by atoms with E-state index in [0.717, 1.165) is 0 Å². The lowest BCUT2D eigenvalue weighted by atomic mass is 10.2. The van der Waals surface area contributed by atoms with Gasteiger partial charge in [-0.05, 0) is 29.8 Å². The number of carbonyl (C=O) groups excluding carboxylic acids is 1. The molecule has 0 saturated heterocycles. The highest BCUT2D eigenvalue weighted by Gasteiger charge is 2.11. The van der Waals surface area contributed by atoms with Crippen LogP contribution in [0.5, 0.6) is 0 Å². The monoisotopic (exact) mass is 298 g/mol. The van der Waals surface area contributed by atoms with Crippen LogP contribution in [0.15, 0.2) is 58.2 Å². The smallest absolute Gasteiger partial charge is 0.291 e. The van der Waals surface area contributed by atoms with Crippen LogP contribution in [0.25, 0.3) is 11.5 Å². The Labute approximate surface area is 124 Å². The highest BCUT2D eigenvalue weighted by molar-refractivity contribution is 5.93. The topological polar surface area (TPSA) is 83.3 Å². The first-order valence-electron chi connectivity index (χ1n) is 6.40. The van der Waals surface area contributed by atoms with Crippen molar-refractivity contribution in [1.29, 1.82) is 0 Å². The second kappa shape index (κ2) is 6.04. The zero-order valence-corrected chi connectivity index (χ0v) is 11.3. The van der Waals surface area contributed by atoms with Crippen molar-refractivity contribution in [3.63, 3.8) is 0 Å². The van der Waals surface area contributed by atoms with Gasteiger partial charge >= 0.3 is 0 Å². The molecule has 7 heteroatoms. The lowest BCUT2D eigenvalue weighted by molar-refractivity contribution is 0.0950. The fourth-order valence-electron chi connectivity index (χ4n) is 1.77. The molecule has 0 bridgehead atoms. The first-order valence-corrected chi connectivity index (χ1v) is 6.40. The first-order chi connectivity index (χ1) is 10.7. The van der Waals surface area contributed by atoms with E-state index in [1.54, 1.807) is 30.3 Å². The zero-order chi connectivity index (χ0) is 15.4. The molecule has 0 aliphatic carbocycles. The van der Waals surface area contributed by atoms with Gasteiger partial charge in [0.25, 0.3) is 5.91 Å². The predicted molar refractivity (Wildman–Crippen MR) is 77.7 cm³/mol. The number of furan rings is 1. The lowest BCUT2D eigenvalue weighted by Crippen LogP contribution is -2.17. The highest BCUT2D eigenvalue weighted by Crippen LogP contribution is 2.17. The van der Waals surface area contributed by atoms with Gasteiger partial charge in [0, 0.05) is 6.07 Å². The molecule has 0 fully saturated rings. The number of benzene rings is 1. The van der Waals surface area contributed by atoms with Gasteiger partial charge in [0.15, 0.2) is 11.5 Å². The average molecular weight is 298 g/mol. The molecule has 0 aliphatic rings. The van der Waals surface area contributed by atoms with Crippen LogP contribution in [0.1, 0.15) is 16.1 Å². The molecule has 0 unspecified atom stereocenters. The number of H-pyrrole nitrogens is 1. The number of amides is 1. The molecule has 2 heterocycles. The Morgan fingerprint density at radius 2 is 2.14 bits per heavy atom. The van der Waals surface area contributed by atoms with Gasteiger partial charge in [-0.1, -0.05) is 12.1 Å². The van der Waals surface area contributed by atoms with Crippen molar-refractivity contribution in [3.8, 4) is 11.5 Å². The van der Waals surface area contributed by atoms with Gasteiger partial charge in [-0.3, -0.25) is 9.89 Å². The SMILES string of the molecule is O=C(N/N=C\c1ccc(F)cc1)c1cc(-c2ccco2)[nH]n1. The molecule has 22 heavy (non-hydrogen) atoms. The number of nitrogens with one attached hydrogen (secondary N) is 2. The van der Waals surface area contributed by atoms with E-state index in [2.05, 4.69) is 20.7 Å². The molecular weight excluding hydrogens is 287 g/mol. The average Bonchev–Trinajstić information content (AvgIpc) is 3.20. The van der Waals surface area contributed by atoms with Crippen LogP contribution in [-0.2, 0) is 0 Å². The molecule has 0 radical (unpaired) electrons. The number of hydrogen-bond donors (Lipinski definition) is 2. The minimum absolute atomic E-state index is 0.183. The summed E-state index contributed by atoms with van der Waals surface area (Å²) in [6.07, 6.45) is 2.94. The number of halogens is 1. The fraction of sp³-hybridized carbons (Fsp3) is 0. The Hall–Kier alpha value is -3.22. The van der Waals surface area contributed by atoms with Gasteiger partial charge in [0.2, 0.25) is 0 Å². The van der Waals surface area contributed by atoms with Crippen molar-refractivity contribution in [2.75, 3.05) is 0 Å². The summed E-state index contributed by atoms with van der Waals surface area (Å²) in [5.41, 5.74) is 3.79. The van der Waals surface area contributed by atoms with Gasteiger partial charge in [0.1, 0.15) is 11.5 Å². The van der Waals surface area contributed by atoms with Crippen molar-refractivity contribution < 1.29 is 13.6 Å². The third-order valence-electron chi connectivity index (χ3n) is 2.85. The van der Waals surface area contributed by atoms with Crippen molar-refractivity contribution >= 4 is 12.1 Å². The Bertz CT molecular complexity index is 791. The minimum atomic E-state index is -0.465. The van der Waals surface area contributed by atoms with Gasteiger partial charge in [0.05, 0.1) is 12.5 Å². The first kappa shape index (κ1) is 13.7. The third kappa shape index (κ3) is 3.09. The molecule has 6 nitrogen and oxygen atoms in total. The van der Waals surface area contributed by atoms with Crippen molar-refractivity contribution in [2.45, 2.75) is 0 Å². The van der Waals surface area contributed by atoms with Crippen LogP contribution in [-0.4, -0.2) is 22.3 Å². The maximum Gasteiger partial charge on any atom is 0.291 e. The Balaban J connectivity index is 1.63. The van der Waals surface area contributed by atoms with Crippen LogP contribution < -0.4 is 5.43 Å². The van der Waals surface area contributed by atoms with E-state index in [9.17, 15) is 9.18 Å². The molecule has 0 aliphatic heterocycles. The Morgan fingerprint density at radius 1 is 1.32 bits per heavy atom. The van der Waals surface area contributed by atoms with Gasteiger partial charge in [-0.25, -0.2) is 9.82 Å². The number of aromatic amines is 1. The van der Waals surface area contributed by atoms with E-state index in [0.29, 0.717) is 17.0 Å². The summed E-state index contributed by atoms with van der Waals surface area (Å²) in [5.74, 6) is -0.211. The summed E-state index contributed by atoms with van der Waals surface area (Å²) in [7, 11) is 0. The van der Waals surface area contributed by atoms with Crippen LogP contribution in [0.3, 0.4) is 0 Å². The summed E-state index contributed by atoms with van der Waals surface area (Å²) in [4.78, 5) is 11.9. The predicted octanol–water partition coefficient (Wildman–Crippen LogP) is 2.57. The van der Waals surface area contributed by atoms with Gasteiger partial charge in [-0.15, -0.1) is 0 Å². The number of rotatable bonds is 4. The maximum absolute atomic E-state index is 12.7. The van der Waals surface area contributed by atoms with Crippen molar-refractivity contribution in [3.05, 3.63) is 65.8 Å². The molecule has 3 rings (SSSR count). The summed E-state index contributed by atoms with van der Waals surface area (Å²) in [6, 6.07) is 10.8. The molecule has 3 aromatic rings. The molecule has 110 valence electrons. The standard InChI is InChI=1S/C15H11FN4O2/c16-11-5-3-10(4-6-11)9-17-20-15(21)13-8-12(18-19-13)14-2-1-7-22-14/h1-9H,(H,18,19)(H,20,21)/b17-9-. The molecule has 0 atom stereocenters. The van der Waals surface area contributed by atoms with Crippen LogP contribution in [0.2, 0.25) is 0 Å².